The fourth-order valence-corrected chi connectivity index (χ4v) is 3.00. The van der Waals surface area contributed by atoms with Gasteiger partial charge in [-0.1, -0.05) is 39.0 Å². The fourth-order valence-electron chi connectivity index (χ4n) is 2.20. The number of aromatic nitrogens is 4. The van der Waals surface area contributed by atoms with Crippen LogP contribution in [0.1, 0.15) is 44.1 Å². The summed E-state index contributed by atoms with van der Waals surface area (Å²) in [4.78, 5) is 12.0. The minimum Gasteiger partial charge on any atom is -0.337 e. The number of hydrogen-bond donors (Lipinski definition) is 2. The monoisotopic (exact) mass is 350 g/mol. The molecule has 2 N–H and O–H groups in total. The van der Waals surface area contributed by atoms with Gasteiger partial charge >= 0.3 is 6.03 Å². The highest BCUT2D eigenvalue weighted by atomic mass is 32.1. The molecule has 7 nitrogen and oxygen atoms in total. The fraction of sp³-hybridized carbons (Fsp3) is 0.625. The summed E-state index contributed by atoms with van der Waals surface area (Å²) < 4.78 is 1.97. The maximum absolute atomic E-state index is 12.0. The van der Waals surface area contributed by atoms with E-state index in [1.807, 2.05) is 18.5 Å². The molecule has 0 aliphatic heterocycles. The number of nitrogens with zero attached hydrogens (tertiary/aromatic N) is 4. The van der Waals surface area contributed by atoms with Crippen LogP contribution in [0.25, 0.3) is 0 Å². The van der Waals surface area contributed by atoms with E-state index >= 15 is 0 Å². The maximum Gasteiger partial charge on any atom is 0.321 e. The number of hydrogen-bond acceptors (Lipinski definition) is 5. The number of rotatable bonds is 5. The standard InChI is InChI=1S/C16H26N6OS/c1-10(9-22-12(3)7-11(2)21-22)8-17-14(23)18-15-20-19-13(24-15)16(4,5)6/h7,10H,8-9H2,1-6H3,(H2,17,18,20,23). The molecule has 1 unspecified atom stereocenters. The van der Waals surface area contributed by atoms with Crippen molar-refractivity contribution >= 4 is 22.5 Å². The van der Waals surface area contributed by atoms with E-state index in [0.29, 0.717) is 11.7 Å². The molecular formula is C16H26N6OS. The summed E-state index contributed by atoms with van der Waals surface area (Å²) in [6, 6.07) is 1.79. The van der Waals surface area contributed by atoms with Gasteiger partial charge in [-0.05, 0) is 25.8 Å². The number of anilines is 1. The van der Waals surface area contributed by atoms with Gasteiger partial charge in [0, 0.05) is 24.2 Å². The predicted molar refractivity (Wildman–Crippen MR) is 96.5 cm³/mol. The van der Waals surface area contributed by atoms with E-state index < -0.39 is 0 Å². The van der Waals surface area contributed by atoms with Gasteiger partial charge in [-0.25, -0.2) is 4.79 Å². The molecule has 2 amide bonds. The molecule has 0 spiro atoms. The summed E-state index contributed by atoms with van der Waals surface area (Å²) >= 11 is 1.40. The van der Waals surface area contributed by atoms with Crippen LogP contribution in [0.15, 0.2) is 6.07 Å². The summed E-state index contributed by atoms with van der Waals surface area (Å²) in [5, 5.41) is 19.6. The minimum atomic E-state index is -0.258. The van der Waals surface area contributed by atoms with E-state index in [0.717, 1.165) is 22.9 Å². The zero-order valence-corrected chi connectivity index (χ0v) is 16.0. The predicted octanol–water partition coefficient (Wildman–Crippen LogP) is 3.11. The number of carbonyl (C=O) groups is 1. The van der Waals surface area contributed by atoms with Crippen LogP contribution in [-0.2, 0) is 12.0 Å². The van der Waals surface area contributed by atoms with Crippen LogP contribution in [0.3, 0.4) is 0 Å². The number of urea groups is 1. The van der Waals surface area contributed by atoms with Crippen LogP contribution in [0.5, 0.6) is 0 Å². The Balaban J connectivity index is 1.80. The summed E-state index contributed by atoms with van der Waals surface area (Å²) in [7, 11) is 0. The Morgan fingerprint density at radius 3 is 2.58 bits per heavy atom. The van der Waals surface area contributed by atoms with Crippen molar-refractivity contribution in [1.29, 1.82) is 0 Å². The van der Waals surface area contributed by atoms with Crippen molar-refractivity contribution in [3.05, 3.63) is 22.5 Å². The van der Waals surface area contributed by atoms with Crippen LogP contribution in [0.4, 0.5) is 9.93 Å². The third-order valence-electron chi connectivity index (χ3n) is 3.49. The lowest BCUT2D eigenvalue weighted by Gasteiger charge is -2.14. The van der Waals surface area contributed by atoms with Crippen molar-refractivity contribution in [3.63, 3.8) is 0 Å². The normalized spacial score (nSPS) is 12.9. The molecule has 0 aromatic carbocycles. The van der Waals surface area contributed by atoms with E-state index in [4.69, 9.17) is 0 Å². The van der Waals surface area contributed by atoms with E-state index in [2.05, 4.69) is 59.7 Å². The molecule has 0 aliphatic rings. The summed E-state index contributed by atoms with van der Waals surface area (Å²) in [5.41, 5.74) is 2.08. The van der Waals surface area contributed by atoms with Gasteiger partial charge in [0.15, 0.2) is 0 Å². The zero-order chi connectivity index (χ0) is 17.9. The Kier molecular flexibility index (Phi) is 5.58. The van der Waals surface area contributed by atoms with Gasteiger partial charge in [-0.2, -0.15) is 5.10 Å². The maximum atomic E-state index is 12.0. The molecular weight excluding hydrogens is 324 g/mol. The molecule has 2 heterocycles. The third kappa shape index (κ3) is 5.02. The van der Waals surface area contributed by atoms with Gasteiger partial charge in [-0.3, -0.25) is 10.00 Å². The van der Waals surface area contributed by atoms with Gasteiger partial charge in [0.05, 0.1) is 5.69 Å². The Bertz CT molecular complexity index is 700. The highest BCUT2D eigenvalue weighted by Crippen LogP contribution is 2.27. The highest BCUT2D eigenvalue weighted by molar-refractivity contribution is 7.15. The van der Waals surface area contributed by atoms with E-state index in [9.17, 15) is 4.79 Å². The lowest BCUT2D eigenvalue weighted by atomic mass is 9.98. The molecule has 0 aliphatic carbocycles. The summed E-state index contributed by atoms with van der Waals surface area (Å²) in [5.74, 6) is 0.272. The van der Waals surface area contributed by atoms with Crippen LogP contribution in [0.2, 0.25) is 0 Å². The van der Waals surface area contributed by atoms with Gasteiger partial charge in [0.1, 0.15) is 5.01 Å². The van der Waals surface area contributed by atoms with Crippen molar-refractivity contribution < 1.29 is 4.79 Å². The first-order chi connectivity index (χ1) is 11.1. The molecule has 0 saturated heterocycles. The van der Waals surface area contributed by atoms with Gasteiger partial charge in [0.2, 0.25) is 5.13 Å². The molecule has 8 heteroatoms. The molecule has 2 aromatic heterocycles. The van der Waals surface area contributed by atoms with Crippen LogP contribution in [-0.4, -0.2) is 32.6 Å². The average molecular weight is 350 g/mol. The van der Waals surface area contributed by atoms with E-state index in [1.54, 1.807) is 0 Å². The second-order valence-corrected chi connectivity index (χ2v) is 8.19. The topological polar surface area (TPSA) is 84.7 Å². The Hall–Kier alpha value is -1.96. The smallest absolute Gasteiger partial charge is 0.321 e. The Morgan fingerprint density at radius 1 is 1.33 bits per heavy atom. The summed E-state index contributed by atoms with van der Waals surface area (Å²) in [6.07, 6.45) is 0. The van der Waals surface area contributed by atoms with Crippen molar-refractivity contribution in [2.75, 3.05) is 11.9 Å². The van der Waals surface area contributed by atoms with Gasteiger partial charge in [0.25, 0.3) is 0 Å². The van der Waals surface area contributed by atoms with Crippen molar-refractivity contribution in [1.82, 2.24) is 25.3 Å². The quantitative estimate of drug-likeness (QED) is 0.868. The Labute approximate surface area is 146 Å². The molecule has 0 bridgehead atoms. The lowest BCUT2D eigenvalue weighted by molar-refractivity contribution is 0.249. The SMILES string of the molecule is Cc1cc(C)n(CC(C)CNC(=O)Nc2nnc(C(C)(C)C)s2)n1. The second-order valence-electron chi connectivity index (χ2n) is 7.21. The molecule has 2 rings (SSSR count). The molecule has 132 valence electrons. The highest BCUT2D eigenvalue weighted by Gasteiger charge is 2.20. The van der Waals surface area contributed by atoms with Crippen LogP contribution < -0.4 is 10.6 Å². The van der Waals surface area contributed by atoms with E-state index in [-0.39, 0.29) is 17.4 Å². The molecule has 0 fully saturated rings. The summed E-state index contributed by atoms with van der Waals surface area (Å²) in [6.45, 7) is 13.6. The van der Waals surface area contributed by atoms with Crippen LogP contribution >= 0.6 is 11.3 Å². The first-order valence-corrected chi connectivity index (χ1v) is 8.86. The molecule has 1 atom stereocenters. The van der Waals surface area contributed by atoms with Crippen molar-refractivity contribution in [2.24, 2.45) is 5.92 Å². The first kappa shape index (κ1) is 18.4. The number of nitrogens with one attached hydrogen (secondary N) is 2. The zero-order valence-electron chi connectivity index (χ0n) is 15.2. The molecule has 2 aromatic rings. The minimum absolute atomic E-state index is 0.0671. The molecule has 0 radical (unpaired) electrons. The average Bonchev–Trinajstić information content (AvgIpc) is 3.03. The lowest BCUT2D eigenvalue weighted by Crippen LogP contribution is -2.33. The number of aryl methyl sites for hydroxylation is 2. The van der Waals surface area contributed by atoms with Gasteiger partial charge < -0.3 is 5.32 Å². The molecule has 0 saturated carbocycles. The second kappa shape index (κ2) is 7.29. The number of amides is 2. The van der Waals surface area contributed by atoms with E-state index in [1.165, 1.54) is 11.3 Å². The Morgan fingerprint density at radius 2 is 2.04 bits per heavy atom. The number of carbonyl (C=O) groups excluding carboxylic acids is 1. The largest absolute Gasteiger partial charge is 0.337 e. The van der Waals surface area contributed by atoms with Crippen molar-refractivity contribution in [2.45, 2.75) is 53.5 Å². The third-order valence-corrected chi connectivity index (χ3v) is 4.75. The van der Waals surface area contributed by atoms with Crippen molar-refractivity contribution in [3.8, 4) is 0 Å². The van der Waals surface area contributed by atoms with Gasteiger partial charge in [-0.15, -0.1) is 10.2 Å². The first-order valence-electron chi connectivity index (χ1n) is 8.05. The van der Waals surface area contributed by atoms with Crippen LogP contribution in [0, 0.1) is 19.8 Å². The molecule has 24 heavy (non-hydrogen) atoms.